The molecule has 0 spiro atoms. The SMILES string of the molecule is COC(=O)c1ccc(CSc2nnc(Sc3ncnc4sc5c(c34)CCC5)s2)o1. The van der Waals surface area contributed by atoms with E-state index in [4.69, 9.17) is 4.42 Å². The molecule has 29 heavy (non-hydrogen) atoms. The first-order valence-electron chi connectivity index (χ1n) is 8.77. The normalized spacial score (nSPS) is 13.1. The summed E-state index contributed by atoms with van der Waals surface area (Å²) >= 11 is 6.37. The van der Waals surface area contributed by atoms with E-state index in [1.165, 1.54) is 52.5 Å². The van der Waals surface area contributed by atoms with Crippen LogP contribution in [0.4, 0.5) is 0 Å². The standard InChI is InChI=1S/C18H14N4O3S4/c1-24-16(23)11-6-5-9(25-11)7-26-17-21-22-18(29-17)28-15-13-10-3-2-4-12(10)27-14(13)19-8-20-15/h5-6,8H,2-4,7H2,1H3. The molecule has 5 rings (SSSR count). The number of methoxy groups -OCH3 is 1. The molecule has 0 unspecified atom stereocenters. The molecule has 7 nitrogen and oxygen atoms in total. The van der Waals surface area contributed by atoms with E-state index in [0.29, 0.717) is 11.5 Å². The summed E-state index contributed by atoms with van der Waals surface area (Å²) in [7, 11) is 1.33. The monoisotopic (exact) mass is 462 g/mol. The average Bonchev–Trinajstić information content (AvgIpc) is 3.49. The molecule has 4 heterocycles. The molecule has 11 heteroatoms. The van der Waals surface area contributed by atoms with Crippen LogP contribution in [0.15, 0.2) is 36.6 Å². The van der Waals surface area contributed by atoms with E-state index in [-0.39, 0.29) is 5.76 Å². The Morgan fingerprint density at radius 1 is 1.21 bits per heavy atom. The summed E-state index contributed by atoms with van der Waals surface area (Å²) in [5.41, 5.74) is 1.41. The zero-order valence-electron chi connectivity index (χ0n) is 15.2. The van der Waals surface area contributed by atoms with E-state index in [1.54, 1.807) is 41.6 Å². The molecule has 0 saturated carbocycles. The zero-order valence-corrected chi connectivity index (χ0v) is 18.5. The fourth-order valence-electron chi connectivity index (χ4n) is 3.16. The molecule has 0 aliphatic heterocycles. The van der Waals surface area contributed by atoms with Gasteiger partial charge in [0.1, 0.15) is 21.9 Å². The molecule has 148 valence electrons. The van der Waals surface area contributed by atoms with Crippen molar-refractivity contribution in [1.82, 2.24) is 20.2 Å². The van der Waals surface area contributed by atoms with Gasteiger partial charge in [-0.2, -0.15) is 0 Å². The van der Waals surface area contributed by atoms with Gasteiger partial charge in [-0.05, 0) is 48.7 Å². The van der Waals surface area contributed by atoms with E-state index >= 15 is 0 Å². The van der Waals surface area contributed by atoms with Crippen LogP contribution in [-0.4, -0.2) is 33.2 Å². The lowest BCUT2D eigenvalue weighted by atomic mass is 10.2. The maximum Gasteiger partial charge on any atom is 0.373 e. The van der Waals surface area contributed by atoms with Crippen LogP contribution in [0.1, 0.15) is 33.2 Å². The third kappa shape index (κ3) is 3.79. The Morgan fingerprint density at radius 2 is 2.10 bits per heavy atom. The Morgan fingerprint density at radius 3 is 3.00 bits per heavy atom. The molecule has 4 aromatic rings. The molecule has 0 amide bonds. The number of furan rings is 1. The van der Waals surface area contributed by atoms with Crippen molar-refractivity contribution in [1.29, 1.82) is 0 Å². The summed E-state index contributed by atoms with van der Waals surface area (Å²) in [6, 6.07) is 3.38. The smallest absolute Gasteiger partial charge is 0.373 e. The number of hydrogen-bond donors (Lipinski definition) is 0. The molecule has 0 saturated heterocycles. The number of esters is 1. The van der Waals surface area contributed by atoms with E-state index < -0.39 is 5.97 Å². The van der Waals surface area contributed by atoms with Crippen molar-refractivity contribution in [3.05, 3.63) is 40.4 Å². The van der Waals surface area contributed by atoms with Crippen molar-refractivity contribution in [2.75, 3.05) is 7.11 Å². The molecule has 0 radical (unpaired) electrons. The van der Waals surface area contributed by atoms with Gasteiger partial charge in [0.25, 0.3) is 0 Å². The number of thiophene rings is 1. The predicted molar refractivity (Wildman–Crippen MR) is 113 cm³/mol. The molecule has 0 bridgehead atoms. The Balaban J connectivity index is 1.29. The minimum atomic E-state index is -0.480. The highest BCUT2D eigenvalue weighted by atomic mass is 32.2. The number of aromatic nitrogens is 4. The van der Waals surface area contributed by atoms with Crippen LogP contribution in [-0.2, 0) is 23.3 Å². The lowest BCUT2D eigenvalue weighted by Gasteiger charge is -2.00. The van der Waals surface area contributed by atoms with Crippen molar-refractivity contribution in [3.8, 4) is 0 Å². The number of ether oxygens (including phenoxy) is 1. The van der Waals surface area contributed by atoms with Gasteiger partial charge in [-0.25, -0.2) is 14.8 Å². The number of carbonyl (C=O) groups excluding carboxylic acids is 1. The predicted octanol–water partition coefficient (Wildman–Crippen LogP) is 4.85. The number of aryl methyl sites for hydroxylation is 2. The molecular weight excluding hydrogens is 448 g/mol. The zero-order chi connectivity index (χ0) is 19.8. The topological polar surface area (TPSA) is 91.0 Å². The van der Waals surface area contributed by atoms with Crippen molar-refractivity contribution in [3.63, 3.8) is 0 Å². The van der Waals surface area contributed by atoms with Gasteiger partial charge in [-0.15, -0.1) is 21.5 Å². The van der Waals surface area contributed by atoms with E-state index in [0.717, 1.165) is 31.4 Å². The summed E-state index contributed by atoms with van der Waals surface area (Å²) in [6.45, 7) is 0. The minimum absolute atomic E-state index is 0.202. The minimum Gasteiger partial charge on any atom is -0.463 e. The van der Waals surface area contributed by atoms with Crippen molar-refractivity contribution in [2.45, 2.75) is 38.7 Å². The van der Waals surface area contributed by atoms with Crippen LogP contribution in [0.3, 0.4) is 0 Å². The van der Waals surface area contributed by atoms with Gasteiger partial charge in [-0.3, -0.25) is 0 Å². The van der Waals surface area contributed by atoms with Crippen molar-refractivity contribution >= 4 is 62.4 Å². The molecule has 0 aromatic carbocycles. The summed E-state index contributed by atoms with van der Waals surface area (Å²) in [6.07, 6.45) is 5.08. The van der Waals surface area contributed by atoms with Crippen LogP contribution in [0.5, 0.6) is 0 Å². The second-order valence-electron chi connectivity index (χ2n) is 6.20. The molecule has 1 aliphatic carbocycles. The van der Waals surface area contributed by atoms with Crippen LogP contribution in [0.25, 0.3) is 10.2 Å². The quantitative estimate of drug-likeness (QED) is 0.226. The number of carbonyl (C=O) groups is 1. The first-order valence-corrected chi connectivity index (χ1v) is 12.2. The average molecular weight is 463 g/mol. The van der Waals surface area contributed by atoms with Gasteiger partial charge < -0.3 is 9.15 Å². The summed E-state index contributed by atoms with van der Waals surface area (Å²) < 4.78 is 11.8. The fraction of sp³-hybridized carbons (Fsp3) is 0.278. The second-order valence-corrected chi connectivity index (χ2v) is 10.7. The Kier molecular flexibility index (Phi) is 5.29. The Hall–Kier alpha value is -1.95. The van der Waals surface area contributed by atoms with Gasteiger partial charge in [0.2, 0.25) is 5.76 Å². The van der Waals surface area contributed by atoms with E-state index in [9.17, 15) is 4.79 Å². The summed E-state index contributed by atoms with van der Waals surface area (Å²) in [5.74, 6) is 0.970. The second kappa shape index (κ2) is 8.05. The van der Waals surface area contributed by atoms with Crippen molar-refractivity contribution < 1.29 is 13.9 Å². The highest BCUT2D eigenvalue weighted by molar-refractivity contribution is 8.03. The summed E-state index contributed by atoms with van der Waals surface area (Å²) in [5, 5.41) is 10.7. The highest BCUT2D eigenvalue weighted by Gasteiger charge is 2.22. The molecule has 0 atom stereocenters. The number of thioether (sulfide) groups is 1. The molecule has 0 N–H and O–H groups in total. The van der Waals surface area contributed by atoms with Gasteiger partial charge in [0.15, 0.2) is 8.68 Å². The van der Waals surface area contributed by atoms with Gasteiger partial charge >= 0.3 is 5.97 Å². The van der Waals surface area contributed by atoms with E-state index in [1.807, 2.05) is 0 Å². The van der Waals surface area contributed by atoms with Crippen molar-refractivity contribution in [2.24, 2.45) is 0 Å². The van der Waals surface area contributed by atoms with Gasteiger partial charge in [0, 0.05) is 10.3 Å². The maximum absolute atomic E-state index is 11.5. The molecule has 0 fully saturated rings. The van der Waals surface area contributed by atoms with Crippen LogP contribution < -0.4 is 0 Å². The largest absolute Gasteiger partial charge is 0.463 e. The van der Waals surface area contributed by atoms with Gasteiger partial charge in [-0.1, -0.05) is 23.1 Å². The Labute approximate surface area is 182 Å². The van der Waals surface area contributed by atoms with Crippen LogP contribution in [0, 0.1) is 0 Å². The Bertz CT molecular complexity index is 1200. The van der Waals surface area contributed by atoms with Gasteiger partial charge in [0.05, 0.1) is 12.9 Å². The number of fused-ring (bicyclic) bond motifs is 3. The third-order valence-corrected chi connectivity index (χ3v) is 8.76. The van der Waals surface area contributed by atoms with Crippen LogP contribution >= 0.6 is 46.2 Å². The third-order valence-electron chi connectivity index (χ3n) is 4.42. The molecular formula is C18H14N4O3S4. The van der Waals surface area contributed by atoms with E-state index in [2.05, 4.69) is 24.9 Å². The number of nitrogens with zero attached hydrogens (tertiary/aromatic N) is 4. The number of rotatable bonds is 6. The highest BCUT2D eigenvalue weighted by Crippen LogP contribution is 2.42. The maximum atomic E-state index is 11.5. The van der Waals surface area contributed by atoms with Crippen LogP contribution in [0.2, 0.25) is 0 Å². The lowest BCUT2D eigenvalue weighted by molar-refractivity contribution is 0.0563. The molecule has 4 aromatic heterocycles. The molecule has 1 aliphatic rings. The first-order chi connectivity index (χ1) is 14.2. The first kappa shape index (κ1) is 19.0. The lowest BCUT2D eigenvalue weighted by Crippen LogP contribution is -1.98. The number of hydrogen-bond acceptors (Lipinski definition) is 11. The fourth-order valence-corrected chi connectivity index (χ4v) is 7.40. The summed E-state index contributed by atoms with van der Waals surface area (Å²) in [4.78, 5) is 22.9.